The molecule has 0 bridgehead atoms. The molecule has 0 spiro atoms. The topological polar surface area (TPSA) is 119 Å². The van der Waals surface area contributed by atoms with Crippen molar-refractivity contribution in [2.75, 3.05) is 5.73 Å². The third-order valence-electron chi connectivity index (χ3n) is 5.19. The van der Waals surface area contributed by atoms with Crippen molar-refractivity contribution >= 4 is 11.5 Å². The van der Waals surface area contributed by atoms with Crippen LogP contribution in [0.3, 0.4) is 0 Å². The first-order chi connectivity index (χ1) is 15.7. The molecule has 0 amide bonds. The first-order valence-electron chi connectivity index (χ1n) is 10.0. The van der Waals surface area contributed by atoms with E-state index in [9.17, 15) is 5.26 Å². The van der Waals surface area contributed by atoms with E-state index in [1.54, 1.807) is 29.2 Å². The number of anilines is 1. The zero-order valence-electron chi connectivity index (χ0n) is 17.3. The summed E-state index contributed by atoms with van der Waals surface area (Å²) < 4.78 is 1.71. The molecular weight excluding hydrogens is 400 g/mol. The number of hydrogen-bond acceptors (Lipinski definition) is 7. The Labute approximate surface area is 184 Å². The molecule has 0 unspecified atom stereocenters. The van der Waals surface area contributed by atoms with Gasteiger partial charge in [0.2, 0.25) is 0 Å². The Balaban J connectivity index is 1.81. The number of aromatic nitrogens is 6. The molecule has 4 aromatic heterocycles. The SMILES string of the molecule is Cc1cnccc1-c1c(-c2ccccc2C#N)nc(N)c2nc(Cc3ccccn3)nn12. The van der Waals surface area contributed by atoms with Crippen LogP contribution >= 0.6 is 0 Å². The second-order valence-electron chi connectivity index (χ2n) is 7.30. The maximum atomic E-state index is 9.69. The first kappa shape index (κ1) is 19.3. The highest BCUT2D eigenvalue weighted by molar-refractivity contribution is 5.85. The maximum Gasteiger partial charge on any atom is 0.198 e. The van der Waals surface area contributed by atoms with Gasteiger partial charge in [0, 0.05) is 35.4 Å². The zero-order valence-corrected chi connectivity index (χ0v) is 17.3. The van der Waals surface area contributed by atoms with Crippen LogP contribution in [0.2, 0.25) is 0 Å². The largest absolute Gasteiger partial charge is 0.381 e. The standard InChI is InChI=1S/C24H18N8/c1-15-14-27-11-9-18(15)22-21(19-8-3-2-6-16(19)13-25)30-23(26)24-29-20(31-32(22)24)12-17-7-4-5-10-28-17/h2-11,14H,12H2,1H3,(H2,26,30). The molecule has 0 saturated carbocycles. The highest BCUT2D eigenvalue weighted by Crippen LogP contribution is 2.35. The van der Waals surface area contributed by atoms with Gasteiger partial charge in [-0.05, 0) is 36.8 Å². The van der Waals surface area contributed by atoms with Gasteiger partial charge in [0.1, 0.15) is 11.4 Å². The minimum absolute atomic E-state index is 0.239. The minimum atomic E-state index is 0.239. The number of nitrogens with zero attached hydrogens (tertiary/aromatic N) is 7. The number of pyridine rings is 2. The lowest BCUT2D eigenvalue weighted by Gasteiger charge is -2.14. The average Bonchev–Trinajstić information content (AvgIpc) is 3.24. The number of nitriles is 1. The van der Waals surface area contributed by atoms with Gasteiger partial charge in [-0.15, -0.1) is 0 Å². The van der Waals surface area contributed by atoms with Crippen LogP contribution in [-0.4, -0.2) is 29.5 Å². The molecule has 5 rings (SSSR count). The summed E-state index contributed by atoms with van der Waals surface area (Å²) >= 11 is 0. The zero-order chi connectivity index (χ0) is 22.1. The molecule has 5 aromatic rings. The van der Waals surface area contributed by atoms with Gasteiger partial charge in [-0.3, -0.25) is 9.97 Å². The number of benzene rings is 1. The van der Waals surface area contributed by atoms with Crippen molar-refractivity contribution < 1.29 is 0 Å². The highest BCUT2D eigenvalue weighted by atomic mass is 15.3. The van der Waals surface area contributed by atoms with Gasteiger partial charge in [0.15, 0.2) is 17.3 Å². The van der Waals surface area contributed by atoms with E-state index >= 15 is 0 Å². The number of aryl methyl sites for hydroxylation is 1. The Morgan fingerprint density at radius 3 is 2.62 bits per heavy atom. The number of hydrogen-bond donors (Lipinski definition) is 1. The van der Waals surface area contributed by atoms with Crippen molar-refractivity contribution in [3.8, 4) is 28.6 Å². The molecule has 0 fully saturated rings. The number of rotatable bonds is 4. The van der Waals surface area contributed by atoms with Gasteiger partial charge in [-0.1, -0.05) is 24.3 Å². The van der Waals surface area contributed by atoms with E-state index in [1.807, 2.05) is 49.4 Å². The molecule has 8 nitrogen and oxygen atoms in total. The summed E-state index contributed by atoms with van der Waals surface area (Å²) in [7, 11) is 0. The molecule has 0 saturated heterocycles. The van der Waals surface area contributed by atoms with E-state index in [1.165, 1.54) is 0 Å². The third-order valence-corrected chi connectivity index (χ3v) is 5.19. The van der Waals surface area contributed by atoms with E-state index in [4.69, 9.17) is 10.8 Å². The van der Waals surface area contributed by atoms with Crippen molar-refractivity contribution in [2.24, 2.45) is 0 Å². The molecule has 0 aliphatic rings. The molecule has 0 atom stereocenters. The average molecular weight is 418 g/mol. The van der Waals surface area contributed by atoms with Crippen molar-refractivity contribution in [1.82, 2.24) is 29.5 Å². The summed E-state index contributed by atoms with van der Waals surface area (Å²) in [6.07, 6.45) is 5.70. The lowest BCUT2D eigenvalue weighted by molar-refractivity contribution is 0.888. The fourth-order valence-corrected chi connectivity index (χ4v) is 3.70. The van der Waals surface area contributed by atoms with Crippen molar-refractivity contribution in [3.05, 3.63) is 89.8 Å². The Bertz CT molecular complexity index is 1480. The fourth-order valence-electron chi connectivity index (χ4n) is 3.70. The number of nitrogen functional groups attached to an aromatic ring is 1. The molecule has 8 heteroatoms. The summed E-state index contributed by atoms with van der Waals surface area (Å²) in [5.41, 5.74) is 11.9. The first-order valence-corrected chi connectivity index (χ1v) is 10.0. The smallest absolute Gasteiger partial charge is 0.198 e. The second kappa shape index (κ2) is 7.89. The van der Waals surface area contributed by atoms with E-state index in [2.05, 4.69) is 26.0 Å². The minimum Gasteiger partial charge on any atom is -0.381 e. The monoisotopic (exact) mass is 418 g/mol. The summed E-state index contributed by atoms with van der Waals surface area (Å²) in [5, 5.41) is 14.5. The van der Waals surface area contributed by atoms with E-state index in [0.717, 1.165) is 16.8 Å². The predicted molar refractivity (Wildman–Crippen MR) is 120 cm³/mol. The van der Waals surface area contributed by atoms with E-state index in [0.29, 0.717) is 40.4 Å². The third kappa shape index (κ3) is 3.32. The van der Waals surface area contributed by atoms with Crippen LogP contribution in [0.25, 0.3) is 28.2 Å². The van der Waals surface area contributed by atoms with Gasteiger partial charge in [-0.25, -0.2) is 14.5 Å². The van der Waals surface area contributed by atoms with Crippen LogP contribution in [0, 0.1) is 18.3 Å². The second-order valence-corrected chi connectivity index (χ2v) is 7.30. The van der Waals surface area contributed by atoms with Crippen LogP contribution in [0.5, 0.6) is 0 Å². The maximum absolute atomic E-state index is 9.69. The van der Waals surface area contributed by atoms with Crippen LogP contribution in [0.15, 0.2) is 67.1 Å². The summed E-state index contributed by atoms with van der Waals surface area (Å²) in [6.45, 7) is 1.97. The molecule has 0 aliphatic heterocycles. The molecule has 1 aromatic carbocycles. The van der Waals surface area contributed by atoms with Crippen molar-refractivity contribution in [3.63, 3.8) is 0 Å². The van der Waals surface area contributed by atoms with Gasteiger partial charge in [-0.2, -0.15) is 10.4 Å². The van der Waals surface area contributed by atoms with Crippen LogP contribution in [0.1, 0.15) is 22.6 Å². The van der Waals surface area contributed by atoms with Gasteiger partial charge in [0.25, 0.3) is 0 Å². The van der Waals surface area contributed by atoms with Crippen LogP contribution in [-0.2, 0) is 6.42 Å². The van der Waals surface area contributed by atoms with Gasteiger partial charge in [0.05, 0.1) is 18.1 Å². The molecule has 4 heterocycles. The summed E-state index contributed by atoms with van der Waals surface area (Å²) in [5.74, 6) is 0.818. The number of nitrogens with two attached hydrogens (primary N) is 1. The number of fused-ring (bicyclic) bond motifs is 1. The normalized spacial score (nSPS) is 10.9. The Hall–Kier alpha value is -4.64. The molecular formula is C24H18N8. The lowest BCUT2D eigenvalue weighted by Crippen LogP contribution is -2.06. The molecule has 32 heavy (non-hydrogen) atoms. The van der Waals surface area contributed by atoms with E-state index in [-0.39, 0.29) is 5.82 Å². The highest BCUT2D eigenvalue weighted by Gasteiger charge is 2.22. The van der Waals surface area contributed by atoms with Crippen molar-refractivity contribution in [2.45, 2.75) is 13.3 Å². The van der Waals surface area contributed by atoms with Crippen LogP contribution in [0.4, 0.5) is 5.82 Å². The predicted octanol–water partition coefficient (Wildman–Crippen LogP) is 3.60. The summed E-state index contributed by atoms with van der Waals surface area (Å²) in [4.78, 5) is 17.9. The van der Waals surface area contributed by atoms with Gasteiger partial charge >= 0.3 is 0 Å². The quantitative estimate of drug-likeness (QED) is 0.473. The summed E-state index contributed by atoms with van der Waals surface area (Å²) in [6, 6.07) is 17.2. The van der Waals surface area contributed by atoms with E-state index < -0.39 is 0 Å². The molecule has 0 aliphatic carbocycles. The Morgan fingerprint density at radius 1 is 1.00 bits per heavy atom. The fraction of sp³-hybridized carbons (Fsp3) is 0.0833. The van der Waals surface area contributed by atoms with Crippen LogP contribution < -0.4 is 5.73 Å². The lowest BCUT2D eigenvalue weighted by atomic mass is 9.98. The molecule has 2 N–H and O–H groups in total. The molecule has 154 valence electrons. The van der Waals surface area contributed by atoms with Gasteiger partial charge < -0.3 is 5.73 Å². The Morgan fingerprint density at radius 2 is 1.84 bits per heavy atom. The Kier molecular flexibility index (Phi) is 4.76. The van der Waals surface area contributed by atoms with Crippen molar-refractivity contribution in [1.29, 1.82) is 5.26 Å². The molecule has 0 radical (unpaired) electrons.